The Hall–Kier alpha value is -1.55. The van der Waals surface area contributed by atoms with Gasteiger partial charge in [-0.25, -0.2) is 4.79 Å². The zero-order valence-electron chi connectivity index (χ0n) is 11.1. The molecule has 106 valence electrons. The fourth-order valence-electron chi connectivity index (χ4n) is 3.31. The molecule has 4 nitrogen and oxygen atoms in total. The van der Waals surface area contributed by atoms with E-state index in [4.69, 9.17) is 16.7 Å². The third kappa shape index (κ3) is 2.40. The molecule has 0 radical (unpaired) electrons. The molecule has 20 heavy (non-hydrogen) atoms. The molecule has 1 aliphatic carbocycles. The smallest absolute Gasteiger partial charge is 0.404 e. The molecule has 0 unspecified atom stereocenters. The summed E-state index contributed by atoms with van der Waals surface area (Å²) in [5.41, 5.74) is 2.27. The van der Waals surface area contributed by atoms with Crippen LogP contribution in [0.5, 0.6) is 0 Å². The van der Waals surface area contributed by atoms with E-state index in [0.29, 0.717) is 12.5 Å². The molecule has 0 saturated heterocycles. The lowest BCUT2D eigenvalue weighted by Gasteiger charge is -2.36. The molecule has 3 rings (SSSR count). The Balaban J connectivity index is 1.71. The van der Waals surface area contributed by atoms with Crippen LogP contribution in [-0.2, 0) is 5.41 Å². The average Bonchev–Trinajstić information content (AvgIpc) is 2.77. The van der Waals surface area contributed by atoms with Gasteiger partial charge in [-0.05, 0) is 55.4 Å². The lowest BCUT2D eigenvalue weighted by Crippen LogP contribution is -2.36. The standard InChI is InChI=1S/C15H17ClN2O2/c16-11-1-2-13-12(7-11)15(9-18-13)5-3-10(4-6-15)8-17-14(19)20/h1-2,7,9-10,17H,3-6,8H2,(H,19,20). The van der Waals surface area contributed by atoms with Crippen molar-refractivity contribution in [3.05, 3.63) is 28.8 Å². The molecule has 2 N–H and O–H groups in total. The highest BCUT2D eigenvalue weighted by Gasteiger charge is 2.39. The van der Waals surface area contributed by atoms with Crippen LogP contribution in [0, 0.1) is 5.92 Å². The Morgan fingerprint density at radius 2 is 2.20 bits per heavy atom. The highest BCUT2D eigenvalue weighted by atomic mass is 35.5. The minimum atomic E-state index is -0.940. The first kappa shape index (κ1) is 13.4. The van der Waals surface area contributed by atoms with Crippen LogP contribution in [0.25, 0.3) is 0 Å². The predicted molar refractivity (Wildman–Crippen MR) is 79.3 cm³/mol. The average molecular weight is 293 g/mol. The molecule has 0 aromatic heterocycles. The van der Waals surface area contributed by atoms with Gasteiger partial charge in [0.2, 0.25) is 0 Å². The van der Waals surface area contributed by atoms with Gasteiger partial charge in [0.1, 0.15) is 0 Å². The third-order valence-electron chi connectivity index (χ3n) is 4.49. The maximum Gasteiger partial charge on any atom is 0.404 e. The zero-order valence-corrected chi connectivity index (χ0v) is 11.9. The van der Waals surface area contributed by atoms with Crippen molar-refractivity contribution < 1.29 is 9.90 Å². The van der Waals surface area contributed by atoms with Crippen LogP contribution in [0.4, 0.5) is 10.5 Å². The number of carbonyl (C=O) groups is 1. The highest BCUT2D eigenvalue weighted by Crippen LogP contribution is 2.47. The molecule has 1 aromatic carbocycles. The molecular weight excluding hydrogens is 276 g/mol. The van der Waals surface area contributed by atoms with Gasteiger partial charge in [-0.2, -0.15) is 0 Å². The van der Waals surface area contributed by atoms with Gasteiger partial charge >= 0.3 is 6.09 Å². The molecule has 1 saturated carbocycles. The topological polar surface area (TPSA) is 61.7 Å². The van der Waals surface area contributed by atoms with Crippen LogP contribution < -0.4 is 5.32 Å². The Morgan fingerprint density at radius 1 is 1.45 bits per heavy atom. The van der Waals surface area contributed by atoms with Crippen molar-refractivity contribution in [3.8, 4) is 0 Å². The van der Waals surface area contributed by atoms with Crippen molar-refractivity contribution in [2.45, 2.75) is 31.1 Å². The minimum Gasteiger partial charge on any atom is -0.465 e. The molecule has 1 aromatic rings. The monoisotopic (exact) mass is 292 g/mol. The second-order valence-corrected chi connectivity index (χ2v) is 6.14. The number of nitrogens with zero attached hydrogens (tertiary/aromatic N) is 1. The second kappa shape index (κ2) is 5.09. The summed E-state index contributed by atoms with van der Waals surface area (Å²) in [6.45, 7) is 0.547. The number of hydrogen-bond acceptors (Lipinski definition) is 2. The first-order chi connectivity index (χ1) is 9.59. The molecule has 1 fully saturated rings. The molecule has 1 aliphatic heterocycles. The minimum absolute atomic E-state index is 0.0138. The molecule has 0 bridgehead atoms. The zero-order chi connectivity index (χ0) is 14.2. The van der Waals surface area contributed by atoms with Gasteiger partial charge in [0, 0.05) is 23.2 Å². The molecule has 0 atom stereocenters. The Kier molecular flexibility index (Phi) is 3.42. The fourth-order valence-corrected chi connectivity index (χ4v) is 3.48. The van der Waals surface area contributed by atoms with E-state index in [2.05, 4.69) is 16.5 Å². The van der Waals surface area contributed by atoms with Crippen molar-refractivity contribution >= 4 is 29.6 Å². The fraction of sp³-hybridized carbons (Fsp3) is 0.467. The number of amides is 1. The van der Waals surface area contributed by atoms with E-state index in [9.17, 15) is 4.79 Å². The van der Waals surface area contributed by atoms with Crippen LogP contribution in [0.1, 0.15) is 31.2 Å². The van der Waals surface area contributed by atoms with Crippen molar-refractivity contribution in [2.75, 3.05) is 6.54 Å². The van der Waals surface area contributed by atoms with Crippen LogP contribution in [-0.4, -0.2) is 24.0 Å². The van der Waals surface area contributed by atoms with Gasteiger partial charge in [-0.15, -0.1) is 0 Å². The molecule has 1 spiro atoms. The number of benzene rings is 1. The van der Waals surface area contributed by atoms with E-state index >= 15 is 0 Å². The lowest BCUT2D eigenvalue weighted by atomic mass is 9.68. The van der Waals surface area contributed by atoms with E-state index in [1.54, 1.807) is 0 Å². The number of rotatable bonds is 2. The first-order valence-corrected chi connectivity index (χ1v) is 7.29. The number of hydrogen-bond donors (Lipinski definition) is 2. The lowest BCUT2D eigenvalue weighted by molar-refractivity contribution is 0.189. The van der Waals surface area contributed by atoms with E-state index in [1.165, 1.54) is 5.56 Å². The summed E-state index contributed by atoms with van der Waals surface area (Å²) >= 11 is 6.11. The summed E-state index contributed by atoms with van der Waals surface area (Å²) in [5.74, 6) is 0.424. The summed E-state index contributed by atoms with van der Waals surface area (Å²) in [5, 5.41) is 11.9. The van der Waals surface area contributed by atoms with Crippen LogP contribution >= 0.6 is 11.6 Å². The Labute approximate surface area is 122 Å². The summed E-state index contributed by atoms with van der Waals surface area (Å²) < 4.78 is 0. The number of aliphatic imine (C=N–C) groups is 1. The summed E-state index contributed by atoms with van der Waals surface area (Å²) in [4.78, 5) is 15.1. The Bertz CT molecular complexity index is 563. The summed E-state index contributed by atoms with van der Waals surface area (Å²) in [6, 6.07) is 5.87. The number of fused-ring (bicyclic) bond motifs is 2. The van der Waals surface area contributed by atoms with Crippen LogP contribution in [0.15, 0.2) is 23.2 Å². The predicted octanol–water partition coefficient (Wildman–Crippen LogP) is 3.75. The number of nitrogens with one attached hydrogen (secondary N) is 1. The highest BCUT2D eigenvalue weighted by molar-refractivity contribution is 6.30. The van der Waals surface area contributed by atoms with Crippen molar-refractivity contribution in [2.24, 2.45) is 10.9 Å². The number of halogens is 1. The second-order valence-electron chi connectivity index (χ2n) is 5.71. The van der Waals surface area contributed by atoms with Crippen molar-refractivity contribution in [3.63, 3.8) is 0 Å². The summed E-state index contributed by atoms with van der Waals surface area (Å²) in [7, 11) is 0. The van der Waals surface area contributed by atoms with E-state index in [-0.39, 0.29) is 5.41 Å². The van der Waals surface area contributed by atoms with Crippen molar-refractivity contribution in [1.82, 2.24) is 5.32 Å². The molecule has 5 heteroatoms. The molecular formula is C15H17ClN2O2. The van der Waals surface area contributed by atoms with E-state index in [0.717, 1.165) is 36.4 Å². The number of carboxylic acid groups (broad SMARTS) is 1. The van der Waals surface area contributed by atoms with Crippen LogP contribution in [0.3, 0.4) is 0 Å². The van der Waals surface area contributed by atoms with Gasteiger partial charge in [0.25, 0.3) is 0 Å². The van der Waals surface area contributed by atoms with E-state index in [1.807, 2.05) is 18.2 Å². The van der Waals surface area contributed by atoms with Gasteiger partial charge < -0.3 is 10.4 Å². The van der Waals surface area contributed by atoms with E-state index < -0.39 is 6.09 Å². The molecule has 1 amide bonds. The van der Waals surface area contributed by atoms with Crippen molar-refractivity contribution in [1.29, 1.82) is 0 Å². The molecule has 2 aliphatic rings. The van der Waals surface area contributed by atoms with Gasteiger partial charge in [0.05, 0.1) is 5.69 Å². The quantitative estimate of drug-likeness (QED) is 0.872. The normalized spacial score (nSPS) is 27.6. The molecule has 1 heterocycles. The van der Waals surface area contributed by atoms with Gasteiger partial charge in [0.15, 0.2) is 0 Å². The maximum absolute atomic E-state index is 10.5. The Morgan fingerprint density at radius 3 is 2.90 bits per heavy atom. The first-order valence-electron chi connectivity index (χ1n) is 6.91. The summed E-state index contributed by atoms with van der Waals surface area (Å²) in [6.07, 6.45) is 5.17. The maximum atomic E-state index is 10.5. The SMILES string of the molecule is O=C(O)NCC1CCC2(C=Nc3ccc(Cl)cc32)CC1. The van der Waals surface area contributed by atoms with Crippen LogP contribution in [0.2, 0.25) is 5.02 Å². The largest absolute Gasteiger partial charge is 0.465 e. The van der Waals surface area contributed by atoms with Gasteiger partial charge in [-0.3, -0.25) is 4.99 Å². The van der Waals surface area contributed by atoms with Gasteiger partial charge in [-0.1, -0.05) is 11.6 Å². The third-order valence-corrected chi connectivity index (χ3v) is 4.72.